The molecule has 0 bridgehead atoms. The zero-order chi connectivity index (χ0) is 10.6. The lowest BCUT2D eigenvalue weighted by atomic mass is 9.96. The van der Waals surface area contributed by atoms with E-state index < -0.39 is 0 Å². The fourth-order valence-electron chi connectivity index (χ4n) is 1.29. The Morgan fingerprint density at radius 2 is 2.29 bits per heavy atom. The van der Waals surface area contributed by atoms with Gasteiger partial charge in [0.15, 0.2) is 5.78 Å². The van der Waals surface area contributed by atoms with Gasteiger partial charge in [-0.05, 0) is 18.1 Å². The first-order chi connectivity index (χ1) is 6.69. The van der Waals surface area contributed by atoms with Gasteiger partial charge >= 0.3 is 0 Å². The van der Waals surface area contributed by atoms with E-state index in [-0.39, 0.29) is 11.7 Å². The predicted octanol–water partition coefficient (Wildman–Crippen LogP) is 3.56. The molecule has 0 saturated carbocycles. The summed E-state index contributed by atoms with van der Waals surface area (Å²) in [6, 6.07) is 7.59. The lowest BCUT2D eigenvalue weighted by Crippen LogP contribution is -2.09. The molecule has 1 nitrogen and oxygen atoms in total. The van der Waals surface area contributed by atoms with E-state index in [1.807, 2.05) is 38.1 Å². The lowest BCUT2D eigenvalue weighted by Gasteiger charge is -2.07. The van der Waals surface area contributed by atoms with Gasteiger partial charge < -0.3 is 0 Å². The van der Waals surface area contributed by atoms with Gasteiger partial charge in [-0.25, -0.2) is 0 Å². The molecule has 14 heavy (non-hydrogen) atoms. The maximum atomic E-state index is 11.8. The Hall–Kier alpha value is -1.37. The second-order valence-corrected chi connectivity index (χ2v) is 3.50. The Morgan fingerprint density at radius 1 is 1.57 bits per heavy atom. The minimum Gasteiger partial charge on any atom is -0.294 e. The molecule has 1 aromatic carbocycles. The average Bonchev–Trinajstić information content (AvgIpc) is 2.27. The first kappa shape index (κ1) is 10.7. The van der Waals surface area contributed by atoms with Crippen molar-refractivity contribution in [1.82, 2.24) is 0 Å². The lowest BCUT2D eigenvalue weighted by molar-refractivity contribution is 0.0927. The number of hydrogen-bond acceptors (Lipinski definition) is 1. The Kier molecular flexibility index (Phi) is 3.63. The molecule has 0 aliphatic heterocycles. The third kappa shape index (κ3) is 2.32. The van der Waals surface area contributed by atoms with E-state index in [0.717, 1.165) is 17.5 Å². The quantitative estimate of drug-likeness (QED) is 0.660. The smallest absolute Gasteiger partial charge is 0.165 e. The van der Waals surface area contributed by atoms with Crippen LogP contribution in [0.5, 0.6) is 0 Å². The fraction of sp³-hybridized carbons (Fsp3) is 0.308. The summed E-state index contributed by atoms with van der Waals surface area (Å²) >= 11 is 0. The van der Waals surface area contributed by atoms with Crippen molar-refractivity contribution < 1.29 is 4.79 Å². The first-order valence-corrected chi connectivity index (χ1v) is 4.95. The van der Waals surface area contributed by atoms with Crippen LogP contribution < -0.4 is 0 Å². The molecule has 0 aliphatic carbocycles. The van der Waals surface area contributed by atoms with Gasteiger partial charge in [0.25, 0.3) is 0 Å². The number of rotatable bonds is 4. The Morgan fingerprint density at radius 3 is 2.86 bits per heavy atom. The largest absolute Gasteiger partial charge is 0.294 e. The summed E-state index contributed by atoms with van der Waals surface area (Å²) in [6.07, 6.45) is 2.64. The van der Waals surface area contributed by atoms with Crippen molar-refractivity contribution in [2.24, 2.45) is 5.92 Å². The number of benzene rings is 1. The van der Waals surface area contributed by atoms with Crippen LogP contribution in [-0.2, 0) is 0 Å². The molecule has 1 heteroatoms. The first-order valence-electron chi connectivity index (χ1n) is 4.95. The number of ketones is 1. The van der Waals surface area contributed by atoms with Crippen LogP contribution in [0.2, 0.25) is 0 Å². The highest BCUT2D eigenvalue weighted by Crippen LogP contribution is 2.13. The summed E-state index contributed by atoms with van der Waals surface area (Å²) < 4.78 is 0. The maximum Gasteiger partial charge on any atom is 0.165 e. The molecular formula is C13H16O. The van der Waals surface area contributed by atoms with E-state index in [1.165, 1.54) is 0 Å². The van der Waals surface area contributed by atoms with E-state index >= 15 is 0 Å². The number of carbonyl (C=O) groups is 1. The van der Waals surface area contributed by atoms with Crippen molar-refractivity contribution in [3.63, 3.8) is 0 Å². The molecule has 0 aromatic heterocycles. The highest BCUT2D eigenvalue weighted by atomic mass is 16.1. The summed E-state index contributed by atoms with van der Waals surface area (Å²) in [5.74, 6) is 0.325. The second-order valence-electron chi connectivity index (χ2n) is 3.50. The van der Waals surface area contributed by atoms with Gasteiger partial charge in [-0.1, -0.05) is 44.7 Å². The summed E-state index contributed by atoms with van der Waals surface area (Å²) in [6.45, 7) is 7.67. The molecule has 0 saturated heterocycles. The zero-order valence-electron chi connectivity index (χ0n) is 8.79. The highest BCUT2D eigenvalue weighted by molar-refractivity contribution is 5.98. The van der Waals surface area contributed by atoms with Crippen LogP contribution >= 0.6 is 0 Å². The number of hydrogen-bond donors (Lipinski definition) is 0. The van der Waals surface area contributed by atoms with Crippen LogP contribution in [0.3, 0.4) is 0 Å². The molecule has 0 radical (unpaired) electrons. The molecule has 0 amide bonds. The number of Topliss-reactive ketones (excluding diaryl/α,β-unsaturated/α-hetero) is 1. The molecule has 0 aliphatic rings. The van der Waals surface area contributed by atoms with Crippen molar-refractivity contribution in [3.8, 4) is 0 Å². The molecule has 0 spiro atoms. The van der Waals surface area contributed by atoms with Crippen molar-refractivity contribution in [2.75, 3.05) is 0 Å². The summed E-state index contributed by atoms with van der Waals surface area (Å²) in [5.41, 5.74) is 1.79. The number of carbonyl (C=O) groups excluding carboxylic acids is 1. The van der Waals surface area contributed by atoms with Gasteiger partial charge in [-0.15, -0.1) is 0 Å². The van der Waals surface area contributed by atoms with Gasteiger partial charge in [0.2, 0.25) is 0 Å². The third-order valence-electron chi connectivity index (χ3n) is 2.47. The molecule has 1 atom stereocenters. The highest BCUT2D eigenvalue weighted by Gasteiger charge is 2.12. The summed E-state index contributed by atoms with van der Waals surface area (Å²) in [5, 5.41) is 0. The van der Waals surface area contributed by atoms with Gasteiger partial charge in [0, 0.05) is 11.5 Å². The van der Waals surface area contributed by atoms with Crippen LogP contribution in [0.1, 0.15) is 36.2 Å². The average molecular weight is 188 g/mol. The van der Waals surface area contributed by atoms with E-state index in [0.29, 0.717) is 0 Å². The molecular weight excluding hydrogens is 172 g/mol. The van der Waals surface area contributed by atoms with E-state index in [1.54, 1.807) is 6.08 Å². The predicted molar refractivity (Wildman–Crippen MR) is 60.3 cm³/mol. The van der Waals surface area contributed by atoms with E-state index in [4.69, 9.17) is 0 Å². The summed E-state index contributed by atoms with van der Waals surface area (Å²) in [7, 11) is 0. The Labute approximate surface area is 85.5 Å². The second kappa shape index (κ2) is 4.75. The fourth-order valence-corrected chi connectivity index (χ4v) is 1.29. The van der Waals surface area contributed by atoms with Crippen molar-refractivity contribution in [1.29, 1.82) is 0 Å². The van der Waals surface area contributed by atoms with Gasteiger partial charge in [0.1, 0.15) is 0 Å². The normalized spacial score (nSPS) is 12.1. The molecule has 1 rings (SSSR count). The van der Waals surface area contributed by atoms with Crippen molar-refractivity contribution >= 4 is 11.9 Å². The third-order valence-corrected chi connectivity index (χ3v) is 2.47. The van der Waals surface area contributed by atoms with Crippen LogP contribution in [0.25, 0.3) is 6.08 Å². The van der Waals surface area contributed by atoms with Gasteiger partial charge in [-0.2, -0.15) is 0 Å². The molecule has 1 aromatic rings. The minimum atomic E-state index is 0.107. The molecule has 0 fully saturated rings. The zero-order valence-corrected chi connectivity index (χ0v) is 8.79. The van der Waals surface area contributed by atoms with E-state index in [9.17, 15) is 4.79 Å². The molecule has 0 N–H and O–H groups in total. The van der Waals surface area contributed by atoms with E-state index in [2.05, 4.69) is 6.58 Å². The molecule has 0 heterocycles. The topological polar surface area (TPSA) is 17.1 Å². The van der Waals surface area contributed by atoms with Gasteiger partial charge in [0.05, 0.1) is 0 Å². The Balaban J connectivity index is 2.95. The monoisotopic (exact) mass is 188 g/mol. The van der Waals surface area contributed by atoms with Crippen molar-refractivity contribution in [2.45, 2.75) is 20.3 Å². The standard InChI is InChI=1S/C13H16O/c1-4-10(3)13(14)12-8-6-7-11(5-2)9-12/h5-10H,2,4H2,1,3H3. The molecule has 74 valence electrons. The Bertz CT molecular complexity index is 339. The van der Waals surface area contributed by atoms with Crippen LogP contribution in [0, 0.1) is 5.92 Å². The maximum absolute atomic E-state index is 11.8. The van der Waals surface area contributed by atoms with Gasteiger partial charge in [-0.3, -0.25) is 4.79 Å². The van der Waals surface area contributed by atoms with Crippen molar-refractivity contribution in [3.05, 3.63) is 42.0 Å². The molecule has 1 unspecified atom stereocenters. The summed E-state index contributed by atoms with van der Waals surface area (Å²) in [4.78, 5) is 11.8. The minimum absolute atomic E-state index is 0.107. The SMILES string of the molecule is C=Cc1cccc(C(=O)C(C)CC)c1. The van der Waals surface area contributed by atoms with Crippen LogP contribution in [-0.4, -0.2) is 5.78 Å². The van der Waals surface area contributed by atoms with Crippen LogP contribution in [0.4, 0.5) is 0 Å². The van der Waals surface area contributed by atoms with Crippen LogP contribution in [0.15, 0.2) is 30.8 Å².